The average molecular weight is 537 g/mol. The predicted octanol–water partition coefficient (Wildman–Crippen LogP) is 3.99. The molecule has 200 valence electrons. The van der Waals surface area contributed by atoms with Gasteiger partial charge in [-0.1, -0.05) is 42.5 Å². The van der Waals surface area contributed by atoms with Gasteiger partial charge in [-0.15, -0.1) is 0 Å². The molecule has 0 saturated heterocycles. The number of hydrogen-bond donors (Lipinski definition) is 0. The molecule has 1 atom stereocenters. The van der Waals surface area contributed by atoms with Crippen molar-refractivity contribution < 1.29 is 23.7 Å². The lowest BCUT2D eigenvalue weighted by Gasteiger charge is -2.26. The molecule has 0 amide bonds. The second-order valence-electron chi connectivity index (χ2n) is 8.53. The van der Waals surface area contributed by atoms with E-state index >= 15 is 0 Å². The first-order valence-corrected chi connectivity index (χ1v) is 13.5. The van der Waals surface area contributed by atoms with Gasteiger partial charge in [0.05, 0.1) is 42.7 Å². The molecular weight excluding hydrogens is 504 g/mol. The van der Waals surface area contributed by atoms with Crippen molar-refractivity contribution in [2.24, 2.45) is 4.99 Å². The minimum atomic E-state index is -0.797. The molecule has 0 fully saturated rings. The Morgan fingerprint density at radius 2 is 1.84 bits per heavy atom. The number of ether oxygens (including phenoxy) is 4. The number of fused-ring (bicyclic) bond motifs is 1. The minimum Gasteiger partial charge on any atom is -0.494 e. The van der Waals surface area contributed by atoms with Crippen LogP contribution in [0, 0.1) is 0 Å². The monoisotopic (exact) mass is 536 g/mol. The summed E-state index contributed by atoms with van der Waals surface area (Å²) in [5.41, 5.74) is 1.99. The van der Waals surface area contributed by atoms with E-state index in [-0.39, 0.29) is 17.7 Å². The second kappa shape index (κ2) is 12.1. The summed E-state index contributed by atoms with van der Waals surface area (Å²) < 4.78 is 24.6. The van der Waals surface area contributed by atoms with Crippen molar-refractivity contribution in [3.05, 3.63) is 84.5 Å². The van der Waals surface area contributed by atoms with Crippen molar-refractivity contribution in [3.63, 3.8) is 0 Å². The lowest BCUT2D eigenvalue weighted by atomic mass is 9.94. The third kappa shape index (κ3) is 5.38. The van der Waals surface area contributed by atoms with Crippen LogP contribution < -0.4 is 29.1 Å². The molecule has 3 aromatic rings. The average Bonchev–Trinajstić information content (AvgIpc) is 3.22. The molecule has 38 heavy (non-hydrogen) atoms. The Balaban J connectivity index is 1.91. The van der Waals surface area contributed by atoms with Gasteiger partial charge in [0.1, 0.15) is 11.8 Å². The summed E-state index contributed by atoms with van der Waals surface area (Å²) >= 11 is 1.27. The molecular formula is C29H32N2O6S. The standard InChI is InChI=1S/C29H32N2O6S/c1-6-16-37-20-14-12-19(13-15-20)17-23-27(32)31-25(21-10-9-11-22(34-5)26(21)35-7-2)24(28(33)36-8-3)18(4)30-29(31)38-23/h9-15,17,25H,6-8,16H2,1-5H3/t25-/m0/s1. The number of esters is 1. The lowest BCUT2D eigenvalue weighted by Crippen LogP contribution is -2.40. The Hall–Kier alpha value is -3.85. The number of rotatable bonds is 10. The van der Waals surface area contributed by atoms with E-state index in [2.05, 4.69) is 11.9 Å². The summed E-state index contributed by atoms with van der Waals surface area (Å²) in [7, 11) is 1.55. The maximum atomic E-state index is 13.9. The van der Waals surface area contributed by atoms with Gasteiger partial charge in [0.2, 0.25) is 0 Å². The van der Waals surface area contributed by atoms with Gasteiger partial charge in [0.15, 0.2) is 16.3 Å². The second-order valence-corrected chi connectivity index (χ2v) is 9.54. The fourth-order valence-electron chi connectivity index (χ4n) is 4.33. The van der Waals surface area contributed by atoms with Crippen molar-refractivity contribution in [1.29, 1.82) is 0 Å². The third-order valence-corrected chi connectivity index (χ3v) is 6.96. The highest BCUT2D eigenvalue weighted by Crippen LogP contribution is 2.40. The Labute approximate surface area is 225 Å². The largest absolute Gasteiger partial charge is 0.494 e. The summed E-state index contributed by atoms with van der Waals surface area (Å²) in [5.74, 6) is 1.23. The summed E-state index contributed by atoms with van der Waals surface area (Å²) in [6.45, 7) is 8.64. The number of allylic oxidation sites excluding steroid dienone is 1. The number of para-hydroxylation sites is 1. The molecule has 0 bridgehead atoms. The first kappa shape index (κ1) is 27.2. The number of benzene rings is 2. The highest BCUT2D eigenvalue weighted by atomic mass is 32.1. The van der Waals surface area contributed by atoms with Crippen LogP contribution in [-0.2, 0) is 9.53 Å². The molecule has 1 aromatic heterocycles. The zero-order chi connectivity index (χ0) is 27.2. The van der Waals surface area contributed by atoms with Crippen LogP contribution in [0.25, 0.3) is 6.08 Å². The van der Waals surface area contributed by atoms with Crippen molar-refractivity contribution in [1.82, 2.24) is 4.57 Å². The number of carbonyl (C=O) groups excluding carboxylic acids is 1. The molecule has 0 spiro atoms. The van der Waals surface area contributed by atoms with E-state index in [4.69, 9.17) is 18.9 Å². The van der Waals surface area contributed by atoms with Gasteiger partial charge in [0.25, 0.3) is 5.56 Å². The Bertz CT molecular complexity index is 1520. The maximum absolute atomic E-state index is 13.9. The van der Waals surface area contributed by atoms with E-state index in [1.54, 1.807) is 31.6 Å². The Morgan fingerprint density at radius 3 is 2.50 bits per heavy atom. The van der Waals surface area contributed by atoms with Gasteiger partial charge in [-0.25, -0.2) is 9.79 Å². The van der Waals surface area contributed by atoms with Gasteiger partial charge >= 0.3 is 5.97 Å². The van der Waals surface area contributed by atoms with E-state index in [9.17, 15) is 9.59 Å². The molecule has 1 aliphatic rings. The highest BCUT2D eigenvalue weighted by Gasteiger charge is 2.35. The number of carbonyl (C=O) groups is 1. The number of methoxy groups -OCH3 is 1. The van der Waals surface area contributed by atoms with Crippen LogP contribution in [0.5, 0.6) is 17.2 Å². The molecule has 0 saturated carbocycles. The van der Waals surface area contributed by atoms with Gasteiger partial charge < -0.3 is 18.9 Å². The normalized spacial score (nSPS) is 15.1. The molecule has 2 aromatic carbocycles. The molecule has 4 rings (SSSR count). The fraction of sp³-hybridized carbons (Fsp3) is 0.345. The summed E-state index contributed by atoms with van der Waals surface area (Å²) in [5, 5.41) is 0. The van der Waals surface area contributed by atoms with Gasteiger partial charge in [-0.2, -0.15) is 0 Å². The van der Waals surface area contributed by atoms with Crippen molar-refractivity contribution in [2.75, 3.05) is 26.9 Å². The van der Waals surface area contributed by atoms with Crippen LogP contribution in [0.3, 0.4) is 0 Å². The number of aromatic nitrogens is 1. The van der Waals surface area contributed by atoms with Crippen molar-refractivity contribution in [3.8, 4) is 17.2 Å². The number of thiazole rings is 1. The van der Waals surface area contributed by atoms with Gasteiger partial charge in [-0.3, -0.25) is 9.36 Å². The third-order valence-electron chi connectivity index (χ3n) is 5.98. The van der Waals surface area contributed by atoms with E-state index < -0.39 is 12.0 Å². The molecule has 1 aliphatic heterocycles. The summed E-state index contributed by atoms with van der Waals surface area (Å²) in [4.78, 5) is 32.2. The van der Waals surface area contributed by atoms with Crippen LogP contribution in [-0.4, -0.2) is 37.5 Å². The van der Waals surface area contributed by atoms with Crippen LogP contribution in [0.1, 0.15) is 51.3 Å². The Morgan fingerprint density at radius 1 is 1.08 bits per heavy atom. The van der Waals surface area contributed by atoms with Crippen LogP contribution in [0.2, 0.25) is 0 Å². The van der Waals surface area contributed by atoms with E-state index in [0.29, 0.717) is 45.3 Å². The summed E-state index contributed by atoms with van der Waals surface area (Å²) in [6, 6.07) is 12.2. The smallest absolute Gasteiger partial charge is 0.338 e. The molecule has 0 unspecified atom stereocenters. The summed E-state index contributed by atoms with van der Waals surface area (Å²) in [6.07, 6.45) is 2.75. The van der Waals surface area contributed by atoms with E-state index in [1.807, 2.05) is 49.4 Å². The fourth-order valence-corrected chi connectivity index (χ4v) is 5.37. The van der Waals surface area contributed by atoms with Crippen LogP contribution >= 0.6 is 11.3 Å². The number of nitrogens with zero attached hydrogens (tertiary/aromatic N) is 2. The SMILES string of the molecule is CCCOc1ccc(C=c2sc3n(c2=O)[C@@H](c2cccc(OC)c2OCC)C(C(=O)OCC)=C(C)N=3)cc1. The zero-order valence-electron chi connectivity index (χ0n) is 22.3. The predicted molar refractivity (Wildman–Crippen MR) is 147 cm³/mol. The van der Waals surface area contributed by atoms with E-state index in [0.717, 1.165) is 17.7 Å². The van der Waals surface area contributed by atoms with Gasteiger partial charge in [-0.05, 0) is 57.0 Å². The first-order chi connectivity index (χ1) is 18.4. The van der Waals surface area contributed by atoms with Gasteiger partial charge in [0, 0.05) is 5.56 Å². The molecule has 0 aliphatic carbocycles. The maximum Gasteiger partial charge on any atom is 0.338 e. The zero-order valence-corrected chi connectivity index (χ0v) is 23.1. The lowest BCUT2D eigenvalue weighted by molar-refractivity contribution is -0.139. The minimum absolute atomic E-state index is 0.196. The topological polar surface area (TPSA) is 88.3 Å². The van der Waals surface area contributed by atoms with Crippen LogP contribution in [0.15, 0.2) is 63.5 Å². The molecule has 0 N–H and O–H groups in total. The number of hydrogen-bond acceptors (Lipinski definition) is 8. The van der Waals surface area contributed by atoms with Crippen LogP contribution in [0.4, 0.5) is 0 Å². The first-order valence-electron chi connectivity index (χ1n) is 12.7. The van der Waals surface area contributed by atoms with Crippen molar-refractivity contribution >= 4 is 23.4 Å². The molecule has 9 heteroatoms. The van der Waals surface area contributed by atoms with Crippen molar-refractivity contribution in [2.45, 2.75) is 40.2 Å². The molecule has 8 nitrogen and oxygen atoms in total. The quantitative estimate of drug-likeness (QED) is 0.364. The molecule has 2 heterocycles. The van der Waals surface area contributed by atoms with E-state index in [1.165, 1.54) is 11.3 Å². The molecule has 0 radical (unpaired) electrons. The Kier molecular flexibility index (Phi) is 8.68. The highest BCUT2D eigenvalue weighted by molar-refractivity contribution is 7.07.